The highest BCUT2D eigenvalue weighted by molar-refractivity contribution is 5.58. The third-order valence-electron chi connectivity index (χ3n) is 2.69. The Balaban J connectivity index is 2.24. The first-order chi connectivity index (χ1) is 8.81. The van der Waals surface area contributed by atoms with Crippen molar-refractivity contribution >= 4 is 0 Å². The van der Waals surface area contributed by atoms with Gasteiger partial charge in [0.1, 0.15) is 0 Å². The molecule has 0 unspecified atom stereocenters. The number of rotatable bonds is 5. The van der Waals surface area contributed by atoms with Crippen LogP contribution in [0.3, 0.4) is 0 Å². The Bertz CT molecular complexity index is 548. The summed E-state index contributed by atoms with van der Waals surface area (Å²) >= 11 is 0. The number of aromatic amines is 1. The lowest BCUT2D eigenvalue weighted by Gasteiger charge is -2.05. The minimum atomic E-state index is -0.127. The number of benzene rings is 1. The number of hydrogen-bond donors (Lipinski definition) is 2. The van der Waals surface area contributed by atoms with E-state index in [0.29, 0.717) is 6.54 Å². The van der Waals surface area contributed by atoms with E-state index in [1.807, 2.05) is 36.4 Å². The fourth-order valence-corrected chi connectivity index (χ4v) is 1.73. The van der Waals surface area contributed by atoms with Crippen molar-refractivity contribution in [1.82, 2.24) is 15.5 Å². The molecular weight excluding hydrogens is 226 g/mol. The average Bonchev–Trinajstić information content (AvgIpc) is 2.42. The van der Waals surface area contributed by atoms with E-state index in [-0.39, 0.29) is 5.56 Å². The molecule has 2 N–H and O–H groups in total. The third kappa shape index (κ3) is 3.05. The van der Waals surface area contributed by atoms with Crippen LogP contribution < -0.4 is 10.9 Å². The van der Waals surface area contributed by atoms with Crippen molar-refractivity contribution in [2.45, 2.75) is 19.9 Å². The number of aromatic nitrogens is 2. The van der Waals surface area contributed by atoms with Gasteiger partial charge in [0.05, 0.1) is 5.69 Å². The molecule has 0 amide bonds. The van der Waals surface area contributed by atoms with Gasteiger partial charge < -0.3 is 5.32 Å². The zero-order valence-electron chi connectivity index (χ0n) is 10.4. The number of nitrogens with one attached hydrogen (secondary N) is 2. The fourth-order valence-electron chi connectivity index (χ4n) is 1.73. The SMILES string of the molecule is CCCNCc1cc(-c2ccccc2)n[nH]c1=O. The van der Waals surface area contributed by atoms with Crippen LogP contribution in [0.4, 0.5) is 0 Å². The van der Waals surface area contributed by atoms with Crippen LogP contribution in [0.2, 0.25) is 0 Å². The van der Waals surface area contributed by atoms with Gasteiger partial charge >= 0.3 is 0 Å². The summed E-state index contributed by atoms with van der Waals surface area (Å²) in [5.74, 6) is 0. The number of H-pyrrole nitrogens is 1. The van der Waals surface area contributed by atoms with E-state index in [0.717, 1.165) is 29.8 Å². The van der Waals surface area contributed by atoms with Crippen LogP contribution in [0.5, 0.6) is 0 Å². The predicted octanol–water partition coefficient (Wildman–Crippen LogP) is 1.94. The fraction of sp³-hybridized carbons (Fsp3) is 0.286. The summed E-state index contributed by atoms with van der Waals surface area (Å²) in [6.45, 7) is 3.58. The molecule has 1 heterocycles. The van der Waals surface area contributed by atoms with Crippen molar-refractivity contribution in [2.75, 3.05) is 6.54 Å². The van der Waals surface area contributed by atoms with E-state index in [1.165, 1.54) is 0 Å². The molecule has 4 heteroatoms. The van der Waals surface area contributed by atoms with Gasteiger partial charge in [0.2, 0.25) is 0 Å². The Morgan fingerprint density at radius 2 is 2.06 bits per heavy atom. The van der Waals surface area contributed by atoms with E-state index in [9.17, 15) is 4.79 Å². The van der Waals surface area contributed by atoms with Gasteiger partial charge in [0.25, 0.3) is 5.56 Å². The monoisotopic (exact) mass is 243 g/mol. The lowest BCUT2D eigenvalue weighted by Crippen LogP contribution is -2.22. The molecular formula is C14H17N3O. The second kappa shape index (κ2) is 6.12. The van der Waals surface area contributed by atoms with E-state index in [2.05, 4.69) is 22.4 Å². The van der Waals surface area contributed by atoms with Crippen molar-refractivity contribution < 1.29 is 0 Å². The van der Waals surface area contributed by atoms with Crippen LogP contribution in [-0.4, -0.2) is 16.7 Å². The maximum atomic E-state index is 11.6. The summed E-state index contributed by atoms with van der Waals surface area (Å²) in [4.78, 5) is 11.6. The topological polar surface area (TPSA) is 57.8 Å². The van der Waals surface area contributed by atoms with Crippen molar-refractivity contribution in [3.8, 4) is 11.3 Å². The summed E-state index contributed by atoms with van der Waals surface area (Å²) in [7, 11) is 0. The molecule has 0 radical (unpaired) electrons. The van der Waals surface area contributed by atoms with Gasteiger partial charge in [0, 0.05) is 17.7 Å². The Morgan fingerprint density at radius 1 is 1.28 bits per heavy atom. The highest BCUT2D eigenvalue weighted by atomic mass is 16.1. The van der Waals surface area contributed by atoms with Gasteiger partial charge in [-0.1, -0.05) is 37.3 Å². The van der Waals surface area contributed by atoms with E-state index < -0.39 is 0 Å². The molecule has 0 atom stereocenters. The maximum Gasteiger partial charge on any atom is 0.268 e. The van der Waals surface area contributed by atoms with Gasteiger partial charge in [-0.15, -0.1) is 0 Å². The van der Waals surface area contributed by atoms with Crippen molar-refractivity contribution in [3.05, 3.63) is 52.3 Å². The maximum absolute atomic E-state index is 11.6. The number of hydrogen-bond acceptors (Lipinski definition) is 3. The van der Waals surface area contributed by atoms with E-state index in [1.54, 1.807) is 0 Å². The zero-order valence-corrected chi connectivity index (χ0v) is 10.4. The molecule has 4 nitrogen and oxygen atoms in total. The summed E-state index contributed by atoms with van der Waals surface area (Å²) < 4.78 is 0. The molecule has 2 rings (SSSR count). The predicted molar refractivity (Wildman–Crippen MR) is 72.3 cm³/mol. The molecule has 1 aromatic heterocycles. The van der Waals surface area contributed by atoms with Gasteiger partial charge in [-0.3, -0.25) is 4.79 Å². The normalized spacial score (nSPS) is 10.5. The van der Waals surface area contributed by atoms with E-state index >= 15 is 0 Å². The van der Waals surface area contributed by atoms with Crippen LogP contribution in [0.25, 0.3) is 11.3 Å². The third-order valence-corrected chi connectivity index (χ3v) is 2.69. The van der Waals surface area contributed by atoms with Crippen molar-refractivity contribution in [2.24, 2.45) is 0 Å². The first-order valence-electron chi connectivity index (χ1n) is 6.16. The lowest BCUT2D eigenvalue weighted by molar-refractivity contribution is 0.668. The highest BCUT2D eigenvalue weighted by Gasteiger charge is 2.04. The summed E-state index contributed by atoms with van der Waals surface area (Å²) in [6.07, 6.45) is 1.05. The summed E-state index contributed by atoms with van der Waals surface area (Å²) in [6, 6.07) is 11.7. The smallest absolute Gasteiger partial charge is 0.268 e. The largest absolute Gasteiger partial charge is 0.312 e. The second-order valence-corrected chi connectivity index (χ2v) is 4.15. The minimum absolute atomic E-state index is 0.127. The van der Waals surface area contributed by atoms with Gasteiger partial charge in [0.15, 0.2) is 0 Å². The molecule has 0 aliphatic heterocycles. The van der Waals surface area contributed by atoms with Gasteiger partial charge in [-0.05, 0) is 19.0 Å². The Morgan fingerprint density at radius 3 is 2.78 bits per heavy atom. The molecule has 1 aromatic carbocycles. The molecule has 0 spiro atoms. The van der Waals surface area contributed by atoms with Crippen LogP contribution in [0.1, 0.15) is 18.9 Å². The summed E-state index contributed by atoms with van der Waals surface area (Å²) in [5.41, 5.74) is 2.39. The van der Waals surface area contributed by atoms with Crippen LogP contribution in [0.15, 0.2) is 41.2 Å². The van der Waals surface area contributed by atoms with Crippen molar-refractivity contribution in [1.29, 1.82) is 0 Å². The molecule has 94 valence electrons. The highest BCUT2D eigenvalue weighted by Crippen LogP contribution is 2.14. The second-order valence-electron chi connectivity index (χ2n) is 4.15. The van der Waals surface area contributed by atoms with Crippen LogP contribution >= 0.6 is 0 Å². The molecule has 18 heavy (non-hydrogen) atoms. The minimum Gasteiger partial charge on any atom is -0.312 e. The summed E-state index contributed by atoms with van der Waals surface area (Å²) in [5, 5.41) is 9.84. The standard InChI is InChI=1S/C14H17N3O/c1-2-8-15-10-12-9-13(16-17-14(12)18)11-6-4-3-5-7-11/h3-7,9,15H,2,8,10H2,1H3,(H,17,18). The molecule has 0 saturated heterocycles. The number of nitrogens with zero attached hydrogens (tertiary/aromatic N) is 1. The van der Waals surface area contributed by atoms with Gasteiger partial charge in [-0.25, -0.2) is 5.10 Å². The lowest BCUT2D eigenvalue weighted by atomic mass is 10.1. The molecule has 0 saturated carbocycles. The van der Waals surface area contributed by atoms with E-state index in [4.69, 9.17) is 0 Å². The van der Waals surface area contributed by atoms with Crippen LogP contribution in [-0.2, 0) is 6.54 Å². The van der Waals surface area contributed by atoms with Crippen molar-refractivity contribution in [3.63, 3.8) is 0 Å². The first-order valence-corrected chi connectivity index (χ1v) is 6.16. The Kier molecular flexibility index (Phi) is 4.25. The Hall–Kier alpha value is -1.94. The zero-order chi connectivity index (χ0) is 12.8. The van der Waals surface area contributed by atoms with Gasteiger partial charge in [-0.2, -0.15) is 5.10 Å². The molecule has 2 aromatic rings. The average molecular weight is 243 g/mol. The molecule has 0 fully saturated rings. The molecule has 0 aliphatic rings. The first kappa shape index (κ1) is 12.5. The quantitative estimate of drug-likeness (QED) is 0.789. The van der Waals surface area contributed by atoms with Crippen LogP contribution in [0, 0.1) is 0 Å². The Labute approximate surface area is 106 Å². The molecule has 0 aliphatic carbocycles. The molecule has 0 bridgehead atoms.